The average molecular weight is 338 g/mol. The number of carbonyl (C=O) groups is 1. The lowest BCUT2D eigenvalue weighted by atomic mass is 9.74. The Balaban J connectivity index is 1.46. The van der Waals surface area contributed by atoms with E-state index < -0.39 is 0 Å². The Morgan fingerprint density at radius 3 is 2.64 bits per heavy atom. The van der Waals surface area contributed by atoms with E-state index in [1.807, 2.05) is 4.90 Å². The molecule has 132 valence electrons. The van der Waals surface area contributed by atoms with Gasteiger partial charge in [-0.25, -0.2) is 0 Å². The van der Waals surface area contributed by atoms with Gasteiger partial charge in [0.1, 0.15) is 0 Å². The predicted octanol–water partition coefficient (Wildman–Crippen LogP) is 1.88. The van der Waals surface area contributed by atoms with Crippen molar-refractivity contribution in [1.29, 1.82) is 0 Å². The molecule has 2 aliphatic heterocycles. The number of amides is 1. The van der Waals surface area contributed by atoms with Crippen LogP contribution in [0.2, 0.25) is 0 Å². The molecule has 4 nitrogen and oxygen atoms in total. The van der Waals surface area contributed by atoms with E-state index in [1.54, 1.807) is 0 Å². The summed E-state index contributed by atoms with van der Waals surface area (Å²) in [6.07, 6.45) is 6.46. The van der Waals surface area contributed by atoms with E-state index in [4.69, 9.17) is 0 Å². The molecule has 3 aliphatic rings. The Morgan fingerprint density at radius 2 is 1.92 bits per heavy atom. The summed E-state index contributed by atoms with van der Waals surface area (Å²) in [5.41, 5.74) is 2.25. The molecule has 2 saturated heterocycles. The van der Waals surface area contributed by atoms with Gasteiger partial charge in [-0.1, -0.05) is 43.2 Å². The third-order valence-corrected chi connectivity index (χ3v) is 5.97. The molecule has 0 aromatic heterocycles. The zero-order chi connectivity index (χ0) is 17.2. The van der Waals surface area contributed by atoms with Crippen molar-refractivity contribution >= 4 is 5.91 Å². The van der Waals surface area contributed by atoms with Crippen molar-refractivity contribution < 1.29 is 9.90 Å². The van der Waals surface area contributed by atoms with Crippen LogP contribution in [0.5, 0.6) is 0 Å². The maximum atomic E-state index is 12.0. The zero-order valence-corrected chi connectivity index (χ0v) is 14.6. The van der Waals surface area contributed by atoms with E-state index in [0.29, 0.717) is 12.5 Å². The molecule has 3 fully saturated rings. The van der Waals surface area contributed by atoms with Gasteiger partial charge in [0.15, 0.2) is 0 Å². The van der Waals surface area contributed by atoms with Crippen molar-refractivity contribution in [2.24, 2.45) is 5.92 Å². The molecule has 1 saturated carbocycles. The summed E-state index contributed by atoms with van der Waals surface area (Å²) in [7, 11) is 0. The second kappa shape index (κ2) is 7.19. The van der Waals surface area contributed by atoms with Gasteiger partial charge in [-0.15, -0.1) is 0 Å². The first kappa shape index (κ1) is 16.6. The fourth-order valence-electron chi connectivity index (χ4n) is 4.63. The van der Waals surface area contributed by atoms with Crippen molar-refractivity contribution in [2.45, 2.75) is 50.1 Å². The van der Waals surface area contributed by atoms with E-state index in [-0.39, 0.29) is 30.5 Å². The number of rotatable bonds is 2. The molecule has 3 atom stereocenters. The Hall–Kier alpha value is -1.83. The smallest absolute Gasteiger partial charge is 0.237 e. The maximum absolute atomic E-state index is 12.0. The summed E-state index contributed by atoms with van der Waals surface area (Å²) in [4.78, 5) is 13.9. The number of carbonyl (C=O) groups excluding carboxylic acids is 1. The molecule has 4 heteroatoms. The number of fused-ring (bicyclic) bond motifs is 1. The van der Waals surface area contributed by atoms with E-state index in [9.17, 15) is 9.90 Å². The first-order valence-corrected chi connectivity index (χ1v) is 9.52. The van der Waals surface area contributed by atoms with Crippen molar-refractivity contribution in [1.82, 2.24) is 10.2 Å². The highest BCUT2D eigenvalue weighted by molar-refractivity contribution is 5.81. The first-order valence-electron chi connectivity index (χ1n) is 9.52. The van der Waals surface area contributed by atoms with Crippen molar-refractivity contribution in [3.63, 3.8) is 0 Å². The number of nitrogens with zero attached hydrogens (tertiary/aromatic N) is 1. The molecular formula is C21H26N2O2. The molecule has 0 radical (unpaired) electrons. The number of hydrogen-bond acceptors (Lipinski definition) is 3. The van der Waals surface area contributed by atoms with Gasteiger partial charge in [0.25, 0.3) is 0 Å². The van der Waals surface area contributed by atoms with Crippen LogP contribution in [0.25, 0.3) is 0 Å². The highest BCUT2D eigenvalue weighted by atomic mass is 16.3. The second-order valence-electron chi connectivity index (χ2n) is 7.50. The molecule has 0 bridgehead atoms. The van der Waals surface area contributed by atoms with Crippen LogP contribution in [0.15, 0.2) is 24.3 Å². The third-order valence-electron chi connectivity index (χ3n) is 5.97. The van der Waals surface area contributed by atoms with Crippen molar-refractivity contribution in [2.75, 3.05) is 19.7 Å². The van der Waals surface area contributed by atoms with E-state index in [1.165, 1.54) is 37.7 Å². The summed E-state index contributed by atoms with van der Waals surface area (Å²) < 4.78 is 0. The van der Waals surface area contributed by atoms with Gasteiger partial charge in [-0.2, -0.15) is 0 Å². The highest BCUT2D eigenvalue weighted by Crippen LogP contribution is 2.41. The standard InChI is InChI=1S/C21H26N2O2/c24-14-19-21(18-12-22-13-20(25)23(18)19)17-10-8-16(9-11-17)7-6-15-4-2-1-3-5-15/h8-11,15,18-19,21-22,24H,1-5,12-14H2/t18-,19-,21-/m0/s1. The Bertz CT molecular complexity index is 676. The Kier molecular flexibility index (Phi) is 4.78. The topological polar surface area (TPSA) is 52.6 Å². The summed E-state index contributed by atoms with van der Waals surface area (Å²) in [6.45, 7) is 1.21. The second-order valence-corrected chi connectivity index (χ2v) is 7.50. The number of benzene rings is 1. The number of hydrogen-bond donors (Lipinski definition) is 2. The highest BCUT2D eigenvalue weighted by Gasteiger charge is 2.52. The molecule has 25 heavy (non-hydrogen) atoms. The number of aliphatic hydroxyl groups excluding tert-OH is 1. The summed E-state index contributed by atoms with van der Waals surface area (Å²) in [5.74, 6) is 7.63. The molecule has 1 aliphatic carbocycles. The monoisotopic (exact) mass is 338 g/mol. The predicted molar refractivity (Wildman–Crippen MR) is 97.0 cm³/mol. The SMILES string of the molecule is O=C1CNC[C@H]2[C@H](c3ccc(C#CC4CCCCC4)cc3)[C@H](CO)N12. The molecule has 0 unspecified atom stereocenters. The fraction of sp³-hybridized carbons (Fsp3) is 0.571. The number of aliphatic hydroxyl groups is 1. The van der Waals surface area contributed by atoms with Gasteiger partial charge in [0.05, 0.1) is 25.2 Å². The Labute approximate surface area is 149 Å². The molecule has 1 aromatic carbocycles. The van der Waals surface area contributed by atoms with Gasteiger partial charge in [-0.3, -0.25) is 4.79 Å². The largest absolute Gasteiger partial charge is 0.394 e. The minimum absolute atomic E-state index is 0.0240. The summed E-state index contributed by atoms with van der Waals surface area (Å²) in [6, 6.07) is 8.49. The first-order chi connectivity index (χ1) is 12.3. The zero-order valence-electron chi connectivity index (χ0n) is 14.6. The van der Waals surface area contributed by atoms with Gasteiger partial charge in [0, 0.05) is 23.9 Å². The molecular weight excluding hydrogens is 312 g/mol. The van der Waals surface area contributed by atoms with Gasteiger partial charge in [-0.05, 0) is 30.5 Å². The summed E-state index contributed by atoms with van der Waals surface area (Å²) in [5, 5.41) is 12.9. The van der Waals surface area contributed by atoms with Crippen LogP contribution in [-0.4, -0.2) is 47.7 Å². The normalized spacial score (nSPS) is 29.4. The van der Waals surface area contributed by atoms with Gasteiger partial charge in [0.2, 0.25) is 5.91 Å². The molecule has 0 spiro atoms. The molecule has 1 amide bonds. The molecule has 2 N–H and O–H groups in total. The van der Waals surface area contributed by atoms with Crippen LogP contribution in [0.3, 0.4) is 0 Å². The minimum atomic E-state index is -0.0845. The lowest BCUT2D eigenvalue weighted by Gasteiger charge is -2.57. The third kappa shape index (κ3) is 3.19. The lowest BCUT2D eigenvalue weighted by molar-refractivity contribution is -0.153. The Morgan fingerprint density at radius 1 is 1.16 bits per heavy atom. The van der Waals surface area contributed by atoms with Crippen LogP contribution in [-0.2, 0) is 4.79 Å². The number of nitrogens with one attached hydrogen (secondary N) is 1. The van der Waals surface area contributed by atoms with Crippen molar-refractivity contribution in [3.05, 3.63) is 35.4 Å². The quantitative estimate of drug-likeness (QED) is 0.810. The summed E-state index contributed by atoms with van der Waals surface area (Å²) >= 11 is 0. The molecule has 1 aromatic rings. The lowest BCUT2D eigenvalue weighted by Crippen LogP contribution is -2.72. The van der Waals surface area contributed by atoms with Crippen LogP contribution >= 0.6 is 0 Å². The van der Waals surface area contributed by atoms with E-state index in [2.05, 4.69) is 41.4 Å². The number of piperazine rings is 1. The minimum Gasteiger partial charge on any atom is -0.394 e. The maximum Gasteiger partial charge on any atom is 0.237 e. The molecule has 2 heterocycles. The van der Waals surface area contributed by atoms with Gasteiger partial charge >= 0.3 is 0 Å². The molecule has 4 rings (SSSR count). The fourth-order valence-corrected chi connectivity index (χ4v) is 4.63. The van der Waals surface area contributed by atoms with E-state index in [0.717, 1.165) is 12.1 Å². The van der Waals surface area contributed by atoms with Crippen molar-refractivity contribution in [3.8, 4) is 11.8 Å². The van der Waals surface area contributed by atoms with Crippen LogP contribution in [0, 0.1) is 17.8 Å². The van der Waals surface area contributed by atoms with Gasteiger partial charge < -0.3 is 15.3 Å². The van der Waals surface area contributed by atoms with E-state index >= 15 is 0 Å². The van der Waals surface area contributed by atoms with Crippen LogP contribution < -0.4 is 5.32 Å². The van der Waals surface area contributed by atoms with Crippen LogP contribution in [0.4, 0.5) is 0 Å². The average Bonchev–Trinajstić information content (AvgIpc) is 2.64. The van der Waals surface area contributed by atoms with Crippen LogP contribution in [0.1, 0.15) is 49.1 Å².